The maximum Gasteiger partial charge on any atom is 0.277 e. The minimum absolute atomic E-state index is 0.000856. The molecule has 4 N–H and O–H groups in total. The first-order valence-electron chi connectivity index (χ1n) is 9.33. The number of carbonyl (C=O) groups excluding carboxylic acids is 1. The largest absolute Gasteiger partial charge is 0.481 e. The summed E-state index contributed by atoms with van der Waals surface area (Å²) in [6.45, 7) is 2.48. The van der Waals surface area contributed by atoms with E-state index in [1.165, 1.54) is 12.3 Å². The average molecular weight is 452 g/mol. The highest BCUT2D eigenvalue weighted by Crippen LogP contribution is 2.35. The van der Waals surface area contributed by atoms with Gasteiger partial charge in [0, 0.05) is 11.5 Å². The van der Waals surface area contributed by atoms with Crippen molar-refractivity contribution in [2.45, 2.75) is 12.8 Å². The van der Waals surface area contributed by atoms with Crippen molar-refractivity contribution >= 4 is 39.5 Å². The summed E-state index contributed by atoms with van der Waals surface area (Å²) in [5.74, 6) is -1.69. The minimum Gasteiger partial charge on any atom is -0.481 e. The van der Waals surface area contributed by atoms with E-state index in [9.17, 15) is 13.6 Å². The number of ether oxygens (including phenoxy) is 1. The zero-order chi connectivity index (χ0) is 21.1. The third-order valence-corrected chi connectivity index (χ3v) is 6.36. The lowest BCUT2D eigenvalue weighted by atomic mass is 9.99. The number of nitrogen functional groups attached to an aromatic ring is 1. The number of hydrogen-bond acceptors (Lipinski definition) is 8. The molecule has 30 heavy (non-hydrogen) atoms. The zero-order valence-electron chi connectivity index (χ0n) is 15.8. The first-order chi connectivity index (χ1) is 14.5. The van der Waals surface area contributed by atoms with Gasteiger partial charge in [0.15, 0.2) is 5.69 Å². The molecule has 1 aliphatic heterocycles. The van der Waals surface area contributed by atoms with Gasteiger partial charge in [-0.15, -0.1) is 0 Å². The van der Waals surface area contributed by atoms with Crippen LogP contribution in [0.5, 0.6) is 5.06 Å². The Balaban J connectivity index is 1.47. The van der Waals surface area contributed by atoms with E-state index in [1.54, 1.807) is 0 Å². The zero-order valence-corrected chi connectivity index (χ0v) is 17.4. The van der Waals surface area contributed by atoms with Crippen LogP contribution in [0.15, 0.2) is 24.4 Å². The lowest BCUT2D eigenvalue weighted by molar-refractivity contribution is 0.102. The summed E-state index contributed by atoms with van der Waals surface area (Å²) in [5, 5.41) is 6.54. The van der Waals surface area contributed by atoms with Gasteiger partial charge in [-0.05, 0) is 44.0 Å². The fourth-order valence-electron chi connectivity index (χ4n) is 3.14. The third kappa shape index (κ3) is 4.42. The maximum absolute atomic E-state index is 14.0. The van der Waals surface area contributed by atoms with Crippen LogP contribution >= 0.6 is 22.9 Å². The van der Waals surface area contributed by atoms with Crippen molar-refractivity contribution in [1.82, 2.24) is 14.7 Å². The molecule has 1 fully saturated rings. The molecule has 1 aliphatic rings. The molecule has 7 nitrogen and oxygen atoms in total. The number of anilines is 2. The molecule has 1 saturated heterocycles. The topological polar surface area (TPSA) is 102 Å². The summed E-state index contributed by atoms with van der Waals surface area (Å²) < 4.78 is 38.0. The SMILES string of the molecule is Nc1sc(-c2c(F)cccc2F)nc1C(=O)Nc1cnsc1OCC1CCNCC1. The number of nitrogens with one attached hydrogen (secondary N) is 2. The molecule has 0 radical (unpaired) electrons. The highest BCUT2D eigenvalue weighted by Gasteiger charge is 2.23. The van der Waals surface area contributed by atoms with Crippen LogP contribution in [-0.4, -0.2) is 35.0 Å². The predicted octanol–water partition coefficient (Wildman–Crippen LogP) is 3.76. The fourth-order valence-corrected chi connectivity index (χ4v) is 4.60. The number of nitrogens with zero attached hydrogens (tertiary/aromatic N) is 2. The van der Waals surface area contributed by atoms with E-state index in [0.29, 0.717) is 23.3 Å². The van der Waals surface area contributed by atoms with Gasteiger partial charge in [-0.2, -0.15) is 4.37 Å². The van der Waals surface area contributed by atoms with Crippen LogP contribution in [0.2, 0.25) is 0 Å². The number of amides is 1. The fraction of sp³-hybridized carbons (Fsp3) is 0.316. The highest BCUT2D eigenvalue weighted by atomic mass is 32.1. The minimum atomic E-state index is -0.772. The van der Waals surface area contributed by atoms with Gasteiger partial charge < -0.3 is 21.1 Å². The Labute approximate surface area is 179 Å². The molecular formula is C19H19F2N5O2S2. The Morgan fingerprint density at radius 2 is 2.03 bits per heavy atom. The van der Waals surface area contributed by atoms with Crippen LogP contribution in [-0.2, 0) is 0 Å². The number of thiazole rings is 1. The molecule has 158 valence electrons. The first kappa shape index (κ1) is 20.6. The maximum atomic E-state index is 14.0. The monoisotopic (exact) mass is 451 g/mol. The number of piperidine rings is 1. The van der Waals surface area contributed by atoms with Crippen molar-refractivity contribution in [3.63, 3.8) is 0 Å². The molecule has 3 aromatic rings. The standard InChI is InChI=1S/C19H19F2N5O2S2/c20-11-2-1-3-12(21)14(11)18-26-15(16(22)29-18)17(27)25-13-8-24-30-19(13)28-9-10-4-6-23-7-5-10/h1-3,8,10,23H,4-7,9,22H2,(H,25,27). The molecule has 11 heteroatoms. The van der Waals surface area contributed by atoms with Crippen LogP contribution in [0.3, 0.4) is 0 Å². The number of hydrogen-bond donors (Lipinski definition) is 3. The molecule has 0 spiro atoms. The van der Waals surface area contributed by atoms with Crippen molar-refractivity contribution in [3.05, 3.63) is 41.7 Å². The summed E-state index contributed by atoms with van der Waals surface area (Å²) in [7, 11) is 0. The summed E-state index contributed by atoms with van der Waals surface area (Å²) in [5.41, 5.74) is 5.90. The average Bonchev–Trinajstić information content (AvgIpc) is 3.33. The van der Waals surface area contributed by atoms with E-state index < -0.39 is 17.5 Å². The lowest BCUT2D eigenvalue weighted by Gasteiger charge is -2.22. The molecule has 0 bridgehead atoms. The van der Waals surface area contributed by atoms with Crippen molar-refractivity contribution < 1.29 is 18.3 Å². The van der Waals surface area contributed by atoms with E-state index in [2.05, 4.69) is 20.0 Å². The van der Waals surface area contributed by atoms with Crippen molar-refractivity contribution in [2.24, 2.45) is 5.92 Å². The van der Waals surface area contributed by atoms with E-state index >= 15 is 0 Å². The Bertz CT molecular complexity index is 1030. The number of aromatic nitrogens is 2. The van der Waals surface area contributed by atoms with Gasteiger partial charge in [0.2, 0.25) is 5.06 Å². The molecular weight excluding hydrogens is 432 g/mol. The van der Waals surface area contributed by atoms with Gasteiger partial charge in [0.05, 0.1) is 18.4 Å². The van der Waals surface area contributed by atoms with Gasteiger partial charge in [-0.3, -0.25) is 4.79 Å². The Morgan fingerprint density at radius 1 is 1.30 bits per heavy atom. The second-order valence-electron chi connectivity index (χ2n) is 6.81. The van der Waals surface area contributed by atoms with Gasteiger partial charge in [0.1, 0.15) is 27.3 Å². The van der Waals surface area contributed by atoms with Gasteiger partial charge in [-0.1, -0.05) is 17.4 Å². The van der Waals surface area contributed by atoms with Gasteiger partial charge >= 0.3 is 0 Å². The van der Waals surface area contributed by atoms with Crippen LogP contribution in [0.4, 0.5) is 19.5 Å². The molecule has 0 aliphatic carbocycles. The van der Waals surface area contributed by atoms with Crippen molar-refractivity contribution in [3.8, 4) is 15.6 Å². The summed E-state index contributed by atoms with van der Waals surface area (Å²) in [4.78, 5) is 16.8. The van der Waals surface area contributed by atoms with E-state index in [4.69, 9.17) is 10.5 Å². The molecule has 0 atom stereocenters. The normalized spacial score (nSPS) is 14.6. The summed E-state index contributed by atoms with van der Waals surface area (Å²) in [6.07, 6.45) is 3.55. The van der Waals surface area contributed by atoms with E-state index in [1.807, 2.05) is 0 Å². The molecule has 3 heterocycles. The van der Waals surface area contributed by atoms with E-state index in [-0.39, 0.29) is 21.3 Å². The third-order valence-electron chi connectivity index (χ3n) is 4.74. The number of carbonyl (C=O) groups is 1. The Morgan fingerprint density at radius 3 is 2.77 bits per heavy atom. The number of benzene rings is 1. The highest BCUT2D eigenvalue weighted by molar-refractivity contribution is 7.19. The lowest BCUT2D eigenvalue weighted by Crippen LogP contribution is -2.30. The van der Waals surface area contributed by atoms with Gasteiger partial charge in [-0.25, -0.2) is 13.8 Å². The number of rotatable bonds is 6. The smallest absolute Gasteiger partial charge is 0.277 e. The molecule has 1 aromatic carbocycles. The molecule has 0 unspecified atom stereocenters. The quantitative estimate of drug-likeness (QED) is 0.528. The number of halogens is 2. The summed E-state index contributed by atoms with van der Waals surface area (Å²) in [6, 6.07) is 3.51. The van der Waals surface area contributed by atoms with Crippen LogP contribution in [0.25, 0.3) is 10.6 Å². The van der Waals surface area contributed by atoms with Crippen molar-refractivity contribution in [1.29, 1.82) is 0 Å². The first-order valence-corrected chi connectivity index (χ1v) is 10.9. The predicted molar refractivity (Wildman–Crippen MR) is 113 cm³/mol. The van der Waals surface area contributed by atoms with Crippen LogP contribution in [0.1, 0.15) is 23.3 Å². The van der Waals surface area contributed by atoms with Crippen molar-refractivity contribution in [2.75, 3.05) is 30.7 Å². The molecule has 2 aromatic heterocycles. The van der Waals surface area contributed by atoms with Crippen LogP contribution in [0, 0.1) is 17.6 Å². The Kier molecular flexibility index (Phi) is 6.21. The number of nitrogens with two attached hydrogens (primary N) is 1. The second-order valence-corrected chi connectivity index (χ2v) is 8.61. The van der Waals surface area contributed by atoms with Crippen LogP contribution < -0.4 is 21.1 Å². The van der Waals surface area contributed by atoms with Gasteiger partial charge in [0.25, 0.3) is 5.91 Å². The van der Waals surface area contributed by atoms with E-state index in [0.717, 1.165) is 60.9 Å². The second kappa shape index (κ2) is 9.02. The Hall–Kier alpha value is -2.63. The molecule has 0 saturated carbocycles. The summed E-state index contributed by atoms with van der Waals surface area (Å²) >= 11 is 1.98. The molecule has 4 rings (SSSR count). The molecule has 1 amide bonds.